The maximum atomic E-state index is 6.04. The maximum Gasteiger partial charge on any atom is 0.0594 e. The van der Waals surface area contributed by atoms with Crippen LogP contribution >= 0.6 is 0 Å². The number of nitrogens with zero attached hydrogens (tertiary/aromatic N) is 2. The van der Waals surface area contributed by atoms with Crippen molar-refractivity contribution in [2.24, 2.45) is 5.84 Å². The SMILES string of the molecule is CCC(C)(C(Cc1cnccc1N)NN)N1CCOCC1. The lowest BCUT2D eigenvalue weighted by molar-refractivity contribution is -0.0322. The number of ether oxygens (including phenoxy) is 1. The molecule has 0 aromatic carbocycles. The van der Waals surface area contributed by atoms with Gasteiger partial charge in [0.15, 0.2) is 0 Å². The Morgan fingerprint density at radius 1 is 1.48 bits per heavy atom. The zero-order valence-corrected chi connectivity index (χ0v) is 13.0. The third-order valence-corrected chi connectivity index (χ3v) is 4.77. The minimum absolute atomic E-state index is 0.0409. The van der Waals surface area contributed by atoms with E-state index < -0.39 is 0 Å². The van der Waals surface area contributed by atoms with Crippen molar-refractivity contribution < 1.29 is 4.74 Å². The number of morpholine rings is 1. The molecule has 0 spiro atoms. The molecule has 5 N–H and O–H groups in total. The average Bonchev–Trinajstić information content (AvgIpc) is 2.54. The molecule has 0 aliphatic carbocycles. The first-order valence-electron chi connectivity index (χ1n) is 7.59. The van der Waals surface area contributed by atoms with E-state index in [2.05, 4.69) is 29.2 Å². The highest BCUT2D eigenvalue weighted by Crippen LogP contribution is 2.27. The third-order valence-electron chi connectivity index (χ3n) is 4.77. The second-order valence-electron chi connectivity index (χ2n) is 5.81. The Bertz CT molecular complexity index is 449. The molecule has 1 aromatic rings. The van der Waals surface area contributed by atoms with Crippen molar-refractivity contribution in [1.29, 1.82) is 0 Å². The molecular formula is C15H27N5O. The molecule has 0 radical (unpaired) electrons. The third kappa shape index (κ3) is 3.52. The van der Waals surface area contributed by atoms with Gasteiger partial charge in [0, 0.05) is 42.8 Å². The van der Waals surface area contributed by atoms with Crippen LogP contribution in [0.15, 0.2) is 18.5 Å². The molecule has 1 fully saturated rings. The van der Waals surface area contributed by atoms with Crippen molar-refractivity contribution >= 4 is 5.69 Å². The van der Waals surface area contributed by atoms with Gasteiger partial charge >= 0.3 is 0 Å². The topological polar surface area (TPSA) is 89.4 Å². The largest absolute Gasteiger partial charge is 0.398 e. The van der Waals surface area contributed by atoms with Crippen LogP contribution in [0.2, 0.25) is 0 Å². The zero-order valence-electron chi connectivity index (χ0n) is 13.0. The second-order valence-corrected chi connectivity index (χ2v) is 5.81. The number of hydrazine groups is 1. The Kier molecular flexibility index (Phi) is 5.52. The van der Waals surface area contributed by atoms with E-state index in [1.165, 1.54) is 0 Å². The fourth-order valence-electron chi connectivity index (χ4n) is 3.05. The fourth-order valence-corrected chi connectivity index (χ4v) is 3.05. The van der Waals surface area contributed by atoms with Crippen molar-refractivity contribution in [2.75, 3.05) is 32.0 Å². The summed E-state index contributed by atoms with van der Waals surface area (Å²) in [5, 5.41) is 0. The van der Waals surface area contributed by atoms with Crippen LogP contribution in [0.3, 0.4) is 0 Å². The highest BCUT2D eigenvalue weighted by Gasteiger charge is 2.38. The molecular weight excluding hydrogens is 266 g/mol. The highest BCUT2D eigenvalue weighted by molar-refractivity contribution is 5.44. The fraction of sp³-hybridized carbons (Fsp3) is 0.667. The number of nitrogens with two attached hydrogens (primary N) is 2. The van der Waals surface area contributed by atoms with Crippen LogP contribution in [0.1, 0.15) is 25.8 Å². The first kappa shape index (κ1) is 16.2. The van der Waals surface area contributed by atoms with E-state index in [0.717, 1.165) is 50.4 Å². The van der Waals surface area contributed by atoms with Gasteiger partial charge in [-0.2, -0.15) is 0 Å². The predicted octanol–water partition coefficient (Wildman–Crippen LogP) is 0.539. The summed E-state index contributed by atoms with van der Waals surface area (Å²) in [6.45, 7) is 7.89. The van der Waals surface area contributed by atoms with Crippen LogP contribution in [-0.4, -0.2) is 47.8 Å². The van der Waals surface area contributed by atoms with Crippen LogP contribution < -0.4 is 17.0 Å². The van der Waals surface area contributed by atoms with Crippen LogP contribution in [-0.2, 0) is 11.2 Å². The molecule has 2 heterocycles. The van der Waals surface area contributed by atoms with Crippen LogP contribution in [0, 0.1) is 0 Å². The molecule has 118 valence electrons. The van der Waals surface area contributed by atoms with Gasteiger partial charge in [0.2, 0.25) is 0 Å². The van der Waals surface area contributed by atoms with Gasteiger partial charge in [-0.15, -0.1) is 0 Å². The number of nitrogens with one attached hydrogen (secondary N) is 1. The van der Waals surface area contributed by atoms with Crippen molar-refractivity contribution in [3.05, 3.63) is 24.0 Å². The number of nitrogen functional groups attached to an aromatic ring is 1. The highest BCUT2D eigenvalue weighted by atomic mass is 16.5. The molecule has 21 heavy (non-hydrogen) atoms. The normalized spacial score (nSPS) is 20.9. The van der Waals surface area contributed by atoms with Gasteiger partial charge in [0.25, 0.3) is 0 Å². The summed E-state index contributed by atoms with van der Waals surface area (Å²) in [5.41, 5.74) is 10.8. The molecule has 6 nitrogen and oxygen atoms in total. The van der Waals surface area contributed by atoms with Crippen molar-refractivity contribution in [3.8, 4) is 0 Å². The molecule has 0 saturated carbocycles. The molecule has 2 atom stereocenters. The summed E-state index contributed by atoms with van der Waals surface area (Å²) < 4.78 is 5.47. The van der Waals surface area contributed by atoms with Gasteiger partial charge in [-0.1, -0.05) is 6.92 Å². The number of hydrogen-bond acceptors (Lipinski definition) is 6. The monoisotopic (exact) mass is 293 g/mol. The summed E-state index contributed by atoms with van der Waals surface area (Å²) in [6.07, 6.45) is 5.31. The first-order chi connectivity index (χ1) is 10.1. The Morgan fingerprint density at radius 2 is 2.19 bits per heavy atom. The number of aromatic nitrogens is 1. The van der Waals surface area contributed by atoms with Gasteiger partial charge in [-0.25, -0.2) is 0 Å². The lowest BCUT2D eigenvalue weighted by Crippen LogP contribution is -2.63. The molecule has 0 bridgehead atoms. The minimum Gasteiger partial charge on any atom is -0.398 e. The molecule has 1 aliphatic heterocycles. The van der Waals surface area contributed by atoms with E-state index >= 15 is 0 Å². The number of hydrogen-bond donors (Lipinski definition) is 3. The Hall–Kier alpha value is -1.21. The van der Waals surface area contributed by atoms with Gasteiger partial charge in [0.05, 0.1) is 13.2 Å². The van der Waals surface area contributed by atoms with Crippen molar-refractivity contribution in [2.45, 2.75) is 38.3 Å². The number of rotatable bonds is 6. The smallest absolute Gasteiger partial charge is 0.0594 e. The quantitative estimate of drug-likeness (QED) is 0.524. The molecule has 1 saturated heterocycles. The van der Waals surface area contributed by atoms with Crippen molar-refractivity contribution in [1.82, 2.24) is 15.3 Å². The van der Waals surface area contributed by atoms with Gasteiger partial charge in [-0.3, -0.25) is 21.2 Å². The van der Waals surface area contributed by atoms with Crippen molar-refractivity contribution in [3.63, 3.8) is 0 Å². The zero-order chi connectivity index (χ0) is 15.3. The van der Waals surface area contributed by atoms with Crippen LogP contribution in [0.4, 0.5) is 5.69 Å². The summed E-state index contributed by atoms with van der Waals surface area (Å²) >= 11 is 0. The molecule has 6 heteroatoms. The molecule has 0 amide bonds. The van der Waals surface area contributed by atoms with E-state index in [1.54, 1.807) is 6.20 Å². The molecule has 1 aliphatic rings. The molecule has 1 aromatic heterocycles. The van der Waals surface area contributed by atoms with Gasteiger partial charge in [-0.05, 0) is 31.4 Å². The van der Waals surface area contributed by atoms with Gasteiger partial charge in [0.1, 0.15) is 0 Å². The van der Waals surface area contributed by atoms with E-state index in [9.17, 15) is 0 Å². The summed E-state index contributed by atoms with van der Waals surface area (Å²) in [5.74, 6) is 5.87. The van der Waals surface area contributed by atoms with Gasteiger partial charge < -0.3 is 10.5 Å². The number of pyridine rings is 1. The second kappa shape index (κ2) is 7.17. The minimum atomic E-state index is -0.0409. The van der Waals surface area contributed by atoms with E-state index in [-0.39, 0.29) is 11.6 Å². The summed E-state index contributed by atoms with van der Waals surface area (Å²) in [7, 11) is 0. The van der Waals surface area contributed by atoms with Crippen LogP contribution in [0.5, 0.6) is 0 Å². The van der Waals surface area contributed by atoms with Crippen LogP contribution in [0.25, 0.3) is 0 Å². The van der Waals surface area contributed by atoms with E-state index in [0.29, 0.717) is 0 Å². The average molecular weight is 293 g/mol. The first-order valence-corrected chi connectivity index (χ1v) is 7.59. The Labute approximate surface area is 126 Å². The lowest BCUT2D eigenvalue weighted by Gasteiger charge is -2.47. The predicted molar refractivity (Wildman–Crippen MR) is 84.6 cm³/mol. The molecule has 2 rings (SSSR count). The lowest BCUT2D eigenvalue weighted by atomic mass is 9.83. The van der Waals surface area contributed by atoms with E-state index in [4.69, 9.17) is 16.3 Å². The Morgan fingerprint density at radius 3 is 2.76 bits per heavy atom. The van der Waals surface area contributed by atoms with E-state index in [1.807, 2.05) is 12.3 Å². The Balaban J connectivity index is 2.18. The summed E-state index contributed by atoms with van der Waals surface area (Å²) in [6, 6.07) is 1.94. The standard InChI is InChI=1S/C15H27N5O/c1-3-15(2,20-6-8-21-9-7-20)14(19-17)10-12-11-18-5-4-13(12)16/h4-5,11,14,19H,3,6-10,17H2,1-2H3,(H2,16,18). The maximum absolute atomic E-state index is 6.04. The molecule has 2 unspecified atom stereocenters. The number of anilines is 1. The summed E-state index contributed by atoms with van der Waals surface area (Å²) in [4.78, 5) is 6.64.